The molecular formula is C74H48N4. The number of benzene rings is 13. The van der Waals surface area contributed by atoms with Crippen LogP contribution in [-0.4, -0.2) is 14.5 Å². The molecule has 2 heterocycles. The zero-order chi connectivity index (χ0) is 51.4. The van der Waals surface area contributed by atoms with Gasteiger partial charge in [-0.05, 0) is 136 Å². The van der Waals surface area contributed by atoms with Crippen LogP contribution in [0.1, 0.15) is 36.1 Å². The highest BCUT2D eigenvalue weighted by atomic mass is 15.2. The third-order valence-corrected chi connectivity index (χ3v) is 17.5. The zero-order valence-electron chi connectivity index (χ0n) is 43.1. The number of aromatic nitrogens is 3. The minimum absolute atomic E-state index is 0.318. The van der Waals surface area contributed by atoms with Crippen molar-refractivity contribution >= 4 is 120 Å². The van der Waals surface area contributed by atoms with Crippen LogP contribution in [-0.2, 0) is 11.8 Å². The Morgan fingerprint density at radius 2 is 1.14 bits per heavy atom. The van der Waals surface area contributed by atoms with Crippen molar-refractivity contribution in [3.63, 3.8) is 0 Å². The van der Waals surface area contributed by atoms with Crippen LogP contribution in [0.4, 0.5) is 17.1 Å². The SMILES string of the molecule is CC1(C)c2ccc3c4cc(-c5ccc6c(N(c7ccccc7)c7ccc8c9c(cccc79)C=CC8)cccc6c5)ccc4n(-c4ncc5ccc6ccccc6c5n4)c3c2-c2ccc3c4ccccc4c4ccccc4c3c21. The Kier molecular flexibility index (Phi) is 8.93. The average Bonchev–Trinajstić information content (AvgIpc) is 4.05. The summed E-state index contributed by atoms with van der Waals surface area (Å²) < 4.78 is 2.37. The van der Waals surface area contributed by atoms with Gasteiger partial charge < -0.3 is 4.90 Å². The Hall–Kier alpha value is -9.90. The summed E-state index contributed by atoms with van der Waals surface area (Å²) in [5, 5.41) is 18.4. The summed E-state index contributed by atoms with van der Waals surface area (Å²) in [6.45, 7) is 4.85. The largest absolute Gasteiger partial charge is 0.309 e. The average molecular weight is 993 g/mol. The van der Waals surface area contributed by atoms with E-state index in [1.54, 1.807) is 0 Å². The third kappa shape index (κ3) is 6.00. The van der Waals surface area contributed by atoms with Gasteiger partial charge in [-0.15, -0.1) is 0 Å². The minimum atomic E-state index is -0.318. The lowest BCUT2D eigenvalue weighted by atomic mass is 9.78. The Bertz CT molecular complexity index is 5120. The minimum Gasteiger partial charge on any atom is -0.309 e. The molecule has 13 aromatic carbocycles. The fourth-order valence-electron chi connectivity index (χ4n) is 14.1. The Morgan fingerprint density at radius 3 is 2.00 bits per heavy atom. The molecule has 0 spiro atoms. The van der Waals surface area contributed by atoms with Gasteiger partial charge >= 0.3 is 0 Å². The normalized spacial score (nSPS) is 13.5. The molecule has 2 aliphatic carbocycles. The maximum Gasteiger partial charge on any atom is 0.235 e. The van der Waals surface area contributed by atoms with Crippen LogP contribution in [0.5, 0.6) is 0 Å². The number of rotatable bonds is 5. The first kappa shape index (κ1) is 43.4. The van der Waals surface area contributed by atoms with Crippen molar-refractivity contribution in [1.29, 1.82) is 0 Å². The summed E-state index contributed by atoms with van der Waals surface area (Å²) in [5.74, 6) is 0.664. The topological polar surface area (TPSA) is 34.0 Å². The van der Waals surface area contributed by atoms with Crippen molar-refractivity contribution in [2.75, 3.05) is 4.90 Å². The third-order valence-electron chi connectivity index (χ3n) is 17.5. The van der Waals surface area contributed by atoms with Crippen molar-refractivity contribution in [2.24, 2.45) is 0 Å². The lowest BCUT2D eigenvalue weighted by Crippen LogP contribution is -2.15. The van der Waals surface area contributed by atoms with Crippen molar-refractivity contribution in [3.8, 4) is 28.2 Å². The number of anilines is 3. The van der Waals surface area contributed by atoms with E-state index in [1.807, 2.05) is 6.20 Å². The first-order valence-corrected chi connectivity index (χ1v) is 27.2. The van der Waals surface area contributed by atoms with Gasteiger partial charge in [0, 0.05) is 55.2 Å². The van der Waals surface area contributed by atoms with Gasteiger partial charge in [0.2, 0.25) is 5.95 Å². The summed E-state index contributed by atoms with van der Waals surface area (Å²) in [6, 6.07) is 83.3. The summed E-state index contributed by atoms with van der Waals surface area (Å²) in [4.78, 5) is 13.3. The fourth-order valence-corrected chi connectivity index (χ4v) is 14.1. The second-order valence-corrected chi connectivity index (χ2v) is 22.0. The highest BCUT2D eigenvalue weighted by Crippen LogP contribution is 2.57. The van der Waals surface area contributed by atoms with E-state index >= 15 is 0 Å². The predicted octanol–water partition coefficient (Wildman–Crippen LogP) is 19.7. The Labute approximate surface area is 450 Å². The highest BCUT2D eigenvalue weighted by molar-refractivity contribution is 6.28. The van der Waals surface area contributed by atoms with Crippen LogP contribution in [0.3, 0.4) is 0 Å². The molecule has 0 saturated heterocycles. The van der Waals surface area contributed by atoms with E-state index in [2.05, 4.69) is 260 Å². The van der Waals surface area contributed by atoms with Gasteiger partial charge in [-0.1, -0.05) is 208 Å². The molecule has 0 aliphatic heterocycles. The maximum atomic E-state index is 5.55. The number of allylic oxidation sites excluding steroid dienone is 1. The van der Waals surface area contributed by atoms with Crippen LogP contribution < -0.4 is 4.90 Å². The van der Waals surface area contributed by atoms with Gasteiger partial charge in [-0.3, -0.25) is 4.57 Å². The molecule has 0 radical (unpaired) electrons. The van der Waals surface area contributed by atoms with E-state index in [-0.39, 0.29) is 5.41 Å². The molecule has 0 unspecified atom stereocenters. The summed E-state index contributed by atoms with van der Waals surface area (Å²) in [5.41, 5.74) is 16.4. The van der Waals surface area contributed by atoms with E-state index < -0.39 is 0 Å². The summed E-state index contributed by atoms with van der Waals surface area (Å²) >= 11 is 0. The lowest BCUT2D eigenvalue weighted by molar-refractivity contribution is 0.667. The molecule has 0 saturated carbocycles. The van der Waals surface area contributed by atoms with Gasteiger partial charge in [0.1, 0.15) is 0 Å². The van der Waals surface area contributed by atoms with Gasteiger partial charge in [0.15, 0.2) is 0 Å². The molecule has 0 bridgehead atoms. The summed E-state index contributed by atoms with van der Waals surface area (Å²) in [6.07, 6.45) is 7.50. The first-order valence-electron chi connectivity index (χ1n) is 27.2. The van der Waals surface area contributed by atoms with Crippen molar-refractivity contribution < 1.29 is 0 Å². The smallest absolute Gasteiger partial charge is 0.235 e. The van der Waals surface area contributed by atoms with Gasteiger partial charge in [-0.25, -0.2) is 9.97 Å². The van der Waals surface area contributed by atoms with E-state index in [0.29, 0.717) is 5.95 Å². The number of para-hydroxylation sites is 1. The molecule has 0 atom stereocenters. The molecule has 2 aliphatic rings. The molecule has 4 nitrogen and oxygen atoms in total. The highest BCUT2D eigenvalue weighted by Gasteiger charge is 2.40. The second kappa shape index (κ2) is 16.1. The van der Waals surface area contributed by atoms with Crippen LogP contribution >= 0.6 is 0 Å². The maximum absolute atomic E-state index is 5.55. The molecule has 0 N–H and O–H groups in total. The molecule has 0 amide bonds. The van der Waals surface area contributed by atoms with Crippen LogP contribution in [0.25, 0.3) is 132 Å². The van der Waals surface area contributed by atoms with Crippen LogP contribution in [0.15, 0.2) is 237 Å². The molecule has 0 fully saturated rings. The van der Waals surface area contributed by atoms with E-state index in [0.717, 1.165) is 67.0 Å². The van der Waals surface area contributed by atoms with Crippen molar-refractivity contribution in [3.05, 3.63) is 259 Å². The zero-order valence-corrected chi connectivity index (χ0v) is 43.1. The van der Waals surface area contributed by atoms with Crippen molar-refractivity contribution in [2.45, 2.75) is 25.7 Å². The molecule has 15 aromatic rings. The van der Waals surface area contributed by atoms with Crippen LogP contribution in [0.2, 0.25) is 0 Å². The van der Waals surface area contributed by atoms with Gasteiger partial charge in [-0.2, -0.15) is 0 Å². The second-order valence-electron chi connectivity index (χ2n) is 22.0. The first-order chi connectivity index (χ1) is 38.5. The quantitative estimate of drug-likeness (QED) is 0.161. The Balaban J connectivity index is 0.894. The molecule has 2 aromatic heterocycles. The predicted molar refractivity (Wildman–Crippen MR) is 329 cm³/mol. The van der Waals surface area contributed by atoms with Crippen LogP contribution in [0, 0.1) is 0 Å². The number of nitrogens with zero attached hydrogens (tertiary/aromatic N) is 4. The van der Waals surface area contributed by atoms with Gasteiger partial charge in [0.05, 0.1) is 27.9 Å². The monoisotopic (exact) mass is 992 g/mol. The molecule has 364 valence electrons. The number of fused-ring (bicyclic) bond motifs is 18. The van der Waals surface area contributed by atoms with Crippen molar-refractivity contribution in [1.82, 2.24) is 14.5 Å². The van der Waals surface area contributed by atoms with Gasteiger partial charge in [0.25, 0.3) is 0 Å². The molecule has 4 heteroatoms. The number of hydrogen-bond acceptors (Lipinski definition) is 3. The lowest BCUT2D eigenvalue weighted by Gasteiger charge is -2.29. The van der Waals surface area contributed by atoms with E-state index in [9.17, 15) is 0 Å². The molecule has 17 rings (SSSR count). The summed E-state index contributed by atoms with van der Waals surface area (Å²) in [7, 11) is 0. The standard InChI is InChI=1S/C74H48N4/c1-74(2)63-38-37-59-62-42-48(47-31-34-52-49(41-47)19-14-28-64(52)77(51-20-4-3-5-21-51)65-39-32-46-17-12-16-45-18-13-27-60(65)67(45)46)33-40-66(62)78(73-75-43-50-30-29-44-15-6-7-22-53(44)71(50)76-73)72(59)69(63)61-36-35-58-56-25-9-8-23-54(56)55-24-10-11-26-57(55)68(58)70(61)74/h3-16,18-43H,17H2,1-2H3. The fraction of sp³-hybridized carbons (Fsp3) is 0.0541. The van der Waals surface area contributed by atoms with E-state index in [4.69, 9.17) is 9.97 Å². The number of hydrogen-bond donors (Lipinski definition) is 0. The Morgan fingerprint density at radius 1 is 0.474 bits per heavy atom. The molecular weight excluding hydrogens is 945 g/mol. The molecule has 78 heavy (non-hydrogen) atoms. The van der Waals surface area contributed by atoms with E-state index in [1.165, 1.54) is 98.3 Å².